The van der Waals surface area contributed by atoms with Gasteiger partial charge in [0.1, 0.15) is 0 Å². The largest absolute Gasteiger partial charge is 0.478 e. The topological polar surface area (TPSA) is 101 Å². The van der Waals surface area contributed by atoms with E-state index in [2.05, 4.69) is 4.74 Å². The van der Waals surface area contributed by atoms with E-state index >= 15 is 0 Å². The summed E-state index contributed by atoms with van der Waals surface area (Å²) in [6.07, 6.45) is 0. The van der Waals surface area contributed by atoms with Gasteiger partial charge >= 0.3 is 11.9 Å². The van der Waals surface area contributed by atoms with Crippen LogP contribution in [-0.2, 0) is 14.8 Å². The Kier molecular flexibility index (Phi) is 5.13. The van der Waals surface area contributed by atoms with Gasteiger partial charge in [0.15, 0.2) is 0 Å². The molecule has 25 heavy (non-hydrogen) atoms. The molecule has 0 bridgehead atoms. The Labute approximate surface area is 145 Å². The molecular weight excluding hydrogens is 346 g/mol. The summed E-state index contributed by atoms with van der Waals surface area (Å²) in [5, 5.41) is 9.10. The lowest BCUT2D eigenvalue weighted by Gasteiger charge is -2.22. The van der Waals surface area contributed by atoms with E-state index in [1.165, 1.54) is 38.4 Å². The minimum absolute atomic E-state index is 0.0862. The van der Waals surface area contributed by atoms with Crippen LogP contribution in [0.2, 0.25) is 0 Å². The SMILES string of the molecule is COC(=O)c1ccccc1N(C)S(=O)(=O)c1cc(C(=O)O)ccc1C. The molecular formula is C17H17NO6S. The maximum Gasteiger partial charge on any atom is 0.340 e. The fourth-order valence-electron chi connectivity index (χ4n) is 2.32. The molecule has 0 unspecified atom stereocenters. The molecule has 2 aromatic carbocycles. The van der Waals surface area contributed by atoms with Crippen molar-refractivity contribution in [1.82, 2.24) is 0 Å². The number of methoxy groups -OCH3 is 1. The van der Waals surface area contributed by atoms with Crippen LogP contribution in [-0.4, -0.2) is 39.6 Å². The molecule has 2 rings (SSSR count). The van der Waals surface area contributed by atoms with Crippen molar-refractivity contribution in [2.45, 2.75) is 11.8 Å². The standard InChI is InChI=1S/C17H17NO6S/c1-11-8-9-12(16(19)20)10-15(11)25(22,23)18(2)14-7-5-4-6-13(14)17(21)24-3/h4-10H,1-3H3,(H,19,20). The van der Waals surface area contributed by atoms with Crippen LogP contribution in [0.15, 0.2) is 47.4 Å². The molecule has 0 heterocycles. The highest BCUT2D eigenvalue weighted by Crippen LogP contribution is 2.28. The molecule has 0 atom stereocenters. The van der Waals surface area contributed by atoms with Crippen molar-refractivity contribution in [3.05, 3.63) is 59.2 Å². The zero-order valence-corrected chi connectivity index (χ0v) is 14.7. The Bertz CT molecular complexity index is 936. The van der Waals surface area contributed by atoms with Gasteiger partial charge in [0.2, 0.25) is 0 Å². The van der Waals surface area contributed by atoms with E-state index in [9.17, 15) is 18.0 Å². The smallest absolute Gasteiger partial charge is 0.340 e. The molecule has 2 aromatic rings. The van der Waals surface area contributed by atoms with Gasteiger partial charge in [-0.05, 0) is 36.8 Å². The molecule has 0 aliphatic heterocycles. The molecule has 1 N–H and O–H groups in total. The van der Waals surface area contributed by atoms with Gasteiger partial charge in [-0.2, -0.15) is 0 Å². The van der Waals surface area contributed by atoms with E-state index in [4.69, 9.17) is 5.11 Å². The predicted molar refractivity (Wildman–Crippen MR) is 91.5 cm³/mol. The lowest BCUT2D eigenvalue weighted by atomic mass is 10.1. The Morgan fingerprint density at radius 3 is 2.36 bits per heavy atom. The minimum Gasteiger partial charge on any atom is -0.478 e. The third kappa shape index (κ3) is 3.48. The number of para-hydroxylation sites is 1. The minimum atomic E-state index is -4.08. The number of aromatic carboxylic acids is 1. The first-order valence-corrected chi connectivity index (χ1v) is 8.64. The number of benzene rings is 2. The second-order valence-electron chi connectivity index (χ2n) is 5.27. The van der Waals surface area contributed by atoms with Crippen molar-refractivity contribution in [2.75, 3.05) is 18.5 Å². The second kappa shape index (κ2) is 6.94. The van der Waals surface area contributed by atoms with Crippen molar-refractivity contribution in [3.63, 3.8) is 0 Å². The Hall–Kier alpha value is -2.87. The number of esters is 1. The number of anilines is 1. The lowest BCUT2D eigenvalue weighted by Crippen LogP contribution is -2.29. The number of hydrogen-bond acceptors (Lipinski definition) is 5. The molecule has 132 valence electrons. The van der Waals surface area contributed by atoms with E-state index in [0.717, 1.165) is 10.4 Å². The summed E-state index contributed by atoms with van der Waals surface area (Å²) >= 11 is 0. The molecule has 0 spiro atoms. The number of sulfonamides is 1. The average Bonchev–Trinajstić information content (AvgIpc) is 2.60. The zero-order valence-electron chi connectivity index (χ0n) is 13.9. The molecule has 0 fully saturated rings. The van der Waals surface area contributed by atoms with Crippen molar-refractivity contribution in [2.24, 2.45) is 0 Å². The molecule has 0 saturated heterocycles. The summed E-state index contributed by atoms with van der Waals surface area (Å²) in [5.74, 6) is -1.90. The van der Waals surface area contributed by atoms with Gasteiger partial charge in [-0.25, -0.2) is 18.0 Å². The van der Waals surface area contributed by atoms with Crippen LogP contribution < -0.4 is 4.31 Å². The Balaban J connectivity index is 2.60. The Morgan fingerprint density at radius 1 is 1.12 bits per heavy atom. The fraction of sp³-hybridized carbons (Fsp3) is 0.176. The van der Waals surface area contributed by atoms with Crippen LogP contribution in [0.1, 0.15) is 26.3 Å². The third-order valence-electron chi connectivity index (χ3n) is 3.72. The fourth-order valence-corrected chi connectivity index (χ4v) is 3.78. The summed E-state index contributed by atoms with van der Waals surface area (Å²) in [7, 11) is -1.58. The molecule has 8 heteroatoms. The van der Waals surface area contributed by atoms with E-state index < -0.39 is 22.0 Å². The number of nitrogens with zero attached hydrogens (tertiary/aromatic N) is 1. The maximum absolute atomic E-state index is 13.0. The molecule has 0 radical (unpaired) electrons. The first-order valence-electron chi connectivity index (χ1n) is 7.20. The summed E-state index contributed by atoms with van der Waals surface area (Å²) in [5.41, 5.74) is 0.476. The third-order valence-corrected chi connectivity index (χ3v) is 5.64. The maximum atomic E-state index is 13.0. The average molecular weight is 363 g/mol. The number of carboxylic acids is 1. The van der Waals surface area contributed by atoms with E-state index in [1.54, 1.807) is 19.1 Å². The van der Waals surface area contributed by atoms with Crippen LogP contribution >= 0.6 is 0 Å². The van der Waals surface area contributed by atoms with Gasteiger partial charge < -0.3 is 9.84 Å². The highest BCUT2D eigenvalue weighted by molar-refractivity contribution is 7.92. The number of carbonyl (C=O) groups is 2. The normalized spacial score (nSPS) is 11.0. The Morgan fingerprint density at radius 2 is 1.76 bits per heavy atom. The quantitative estimate of drug-likeness (QED) is 0.818. The summed E-state index contributed by atoms with van der Waals surface area (Å²) < 4.78 is 31.6. The molecule has 7 nitrogen and oxygen atoms in total. The van der Waals surface area contributed by atoms with Gasteiger partial charge in [-0.3, -0.25) is 4.31 Å². The first kappa shape index (κ1) is 18.5. The first-order chi connectivity index (χ1) is 11.7. The van der Waals surface area contributed by atoms with Gasteiger partial charge in [-0.1, -0.05) is 18.2 Å². The van der Waals surface area contributed by atoms with Gasteiger partial charge in [0, 0.05) is 7.05 Å². The van der Waals surface area contributed by atoms with E-state index in [-0.39, 0.29) is 21.7 Å². The number of carboxylic acid groups (broad SMARTS) is 1. The number of aryl methyl sites for hydroxylation is 1. The summed E-state index contributed by atoms with van der Waals surface area (Å²) in [6, 6.07) is 9.97. The van der Waals surface area contributed by atoms with Gasteiger partial charge in [0.05, 0.1) is 28.8 Å². The van der Waals surface area contributed by atoms with Crippen molar-refractivity contribution in [3.8, 4) is 0 Å². The monoisotopic (exact) mass is 363 g/mol. The van der Waals surface area contributed by atoms with Crippen LogP contribution in [0.3, 0.4) is 0 Å². The highest BCUT2D eigenvalue weighted by Gasteiger charge is 2.27. The number of ether oxygens (including phenoxy) is 1. The van der Waals surface area contributed by atoms with Crippen LogP contribution in [0.5, 0.6) is 0 Å². The highest BCUT2D eigenvalue weighted by atomic mass is 32.2. The van der Waals surface area contributed by atoms with Gasteiger partial charge in [-0.15, -0.1) is 0 Å². The number of rotatable bonds is 5. The van der Waals surface area contributed by atoms with Crippen LogP contribution in [0, 0.1) is 6.92 Å². The van der Waals surface area contributed by atoms with Gasteiger partial charge in [0.25, 0.3) is 10.0 Å². The van der Waals surface area contributed by atoms with E-state index in [0.29, 0.717) is 5.56 Å². The molecule has 0 saturated carbocycles. The molecule has 0 aliphatic rings. The summed E-state index contributed by atoms with van der Waals surface area (Å²) in [6.45, 7) is 1.57. The van der Waals surface area contributed by atoms with Crippen molar-refractivity contribution >= 4 is 27.6 Å². The van der Waals surface area contributed by atoms with Crippen LogP contribution in [0.25, 0.3) is 0 Å². The number of hydrogen-bond donors (Lipinski definition) is 1. The van der Waals surface area contributed by atoms with Crippen molar-refractivity contribution < 1.29 is 27.9 Å². The molecule has 0 aromatic heterocycles. The molecule has 0 amide bonds. The second-order valence-corrected chi connectivity index (χ2v) is 7.20. The predicted octanol–water partition coefficient (Wildman–Crippen LogP) is 2.30. The summed E-state index contributed by atoms with van der Waals surface area (Å²) in [4.78, 5) is 22.9. The van der Waals surface area contributed by atoms with Crippen LogP contribution in [0.4, 0.5) is 5.69 Å². The number of carbonyl (C=O) groups excluding carboxylic acids is 1. The van der Waals surface area contributed by atoms with Crippen molar-refractivity contribution in [1.29, 1.82) is 0 Å². The lowest BCUT2D eigenvalue weighted by molar-refractivity contribution is 0.0600. The molecule has 0 aliphatic carbocycles. The van der Waals surface area contributed by atoms with E-state index in [1.807, 2.05) is 0 Å². The zero-order chi connectivity index (χ0) is 18.8.